The maximum atomic E-state index is 11.3. The Morgan fingerprint density at radius 1 is 1.69 bits per heavy atom. The second-order valence-electron chi connectivity index (χ2n) is 3.97. The molecule has 0 saturated carbocycles. The second kappa shape index (κ2) is 4.46. The first-order valence-electron chi connectivity index (χ1n) is 4.77. The van der Waals surface area contributed by atoms with E-state index < -0.39 is 0 Å². The topological polar surface area (TPSA) is 55.6 Å². The van der Waals surface area contributed by atoms with Crippen LogP contribution in [0.1, 0.15) is 20.3 Å². The van der Waals surface area contributed by atoms with Crippen LogP contribution < -0.4 is 5.73 Å². The van der Waals surface area contributed by atoms with Crippen molar-refractivity contribution in [2.75, 3.05) is 19.7 Å². The van der Waals surface area contributed by atoms with E-state index in [9.17, 15) is 4.79 Å². The molecule has 13 heavy (non-hydrogen) atoms. The molecule has 4 nitrogen and oxygen atoms in total. The number of hydrogen-bond donors (Lipinski definition) is 1. The quantitative estimate of drug-likeness (QED) is 0.694. The van der Waals surface area contributed by atoms with Crippen LogP contribution >= 0.6 is 0 Å². The summed E-state index contributed by atoms with van der Waals surface area (Å²) < 4.78 is 5.07. The second-order valence-corrected chi connectivity index (χ2v) is 3.97. The molecule has 1 rings (SSSR count). The molecule has 76 valence electrons. The molecule has 0 aliphatic carbocycles. The fourth-order valence-electron chi connectivity index (χ4n) is 1.28. The van der Waals surface area contributed by atoms with Gasteiger partial charge in [-0.15, -0.1) is 0 Å². The summed E-state index contributed by atoms with van der Waals surface area (Å²) in [7, 11) is 0. The predicted molar refractivity (Wildman–Crippen MR) is 50.4 cm³/mol. The highest BCUT2D eigenvalue weighted by molar-refractivity contribution is 5.68. The summed E-state index contributed by atoms with van der Waals surface area (Å²) in [5.74, 6) is 0.389. The molecule has 0 aromatic rings. The van der Waals surface area contributed by atoms with Crippen molar-refractivity contribution in [2.24, 2.45) is 11.7 Å². The fourth-order valence-corrected chi connectivity index (χ4v) is 1.28. The third kappa shape index (κ3) is 3.22. The van der Waals surface area contributed by atoms with Gasteiger partial charge in [0.25, 0.3) is 0 Å². The summed E-state index contributed by atoms with van der Waals surface area (Å²) in [4.78, 5) is 13.0. The summed E-state index contributed by atoms with van der Waals surface area (Å²) in [5, 5.41) is 0. The van der Waals surface area contributed by atoms with Gasteiger partial charge >= 0.3 is 6.09 Å². The zero-order chi connectivity index (χ0) is 9.84. The van der Waals surface area contributed by atoms with Gasteiger partial charge in [0, 0.05) is 19.1 Å². The van der Waals surface area contributed by atoms with Crippen LogP contribution in [-0.2, 0) is 4.74 Å². The number of nitrogens with two attached hydrogens (primary N) is 1. The molecule has 0 radical (unpaired) electrons. The van der Waals surface area contributed by atoms with Crippen LogP contribution in [0.4, 0.5) is 4.79 Å². The van der Waals surface area contributed by atoms with E-state index in [0.717, 1.165) is 13.0 Å². The van der Waals surface area contributed by atoms with Crippen molar-refractivity contribution < 1.29 is 9.53 Å². The molecule has 0 bridgehead atoms. The Morgan fingerprint density at radius 3 is 2.85 bits per heavy atom. The molecule has 1 aliphatic rings. The molecule has 1 heterocycles. The molecule has 1 saturated heterocycles. The number of amides is 1. The number of nitrogens with zero attached hydrogens (tertiary/aromatic N) is 1. The zero-order valence-corrected chi connectivity index (χ0v) is 8.32. The molecule has 1 atom stereocenters. The highest BCUT2D eigenvalue weighted by Crippen LogP contribution is 2.08. The van der Waals surface area contributed by atoms with Crippen LogP contribution in [0.15, 0.2) is 0 Å². The van der Waals surface area contributed by atoms with Gasteiger partial charge in [-0.05, 0) is 12.3 Å². The molecule has 1 aliphatic heterocycles. The van der Waals surface area contributed by atoms with Crippen molar-refractivity contribution in [3.63, 3.8) is 0 Å². The minimum atomic E-state index is -0.221. The molecular weight excluding hydrogens is 168 g/mol. The minimum absolute atomic E-state index is 0.131. The number of ether oxygens (including phenoxy) is 1. The zero-order valence-electron chi connectivity index (χ0n) is 8.32. The van der Waals surface area contributed by atoms with E-state index in [1.54, 1.807) is 4.90 Å². The predicted octanol–water partition coefficient (Wildman–Crippen LogP) is 0.812. The molecule has 0 spiro atoms. The fraction of sp³-hybridized carbons (Fsp3) is 0.889. The van der Waals surface area contributed by atoms with Crippen molar-refractivity contribution in [3.8, 4) is 0 Å². The number of carbonyl (C=O) groups is 1. The number of carbonyl (C=O) groups excluding carboxylic acids is 1. The van der Waals surface area contributed by atoms with E-state index >= 15 is 0 Å². The van der Waals surface area contributed by atoms with Gasteiger partial charge in [0.1, 0.15) is 0 Å². The molecule has 1 unspecified atom stereocenters. The lowest BCUT2D eigenvalue weighted by Crippen LogP contribution is -2.32. The van der Waals surface area contributed by atoms with Crippen molar-refractivity contribution in [2.45, 2.75) is 26.3 Å². The molecule has 2 N–H and O–H groups in total. The van der Waals surface area contributed by atoms with Gasteiger partial charge in [-0.25, -0.2) is 4.79 Å². The maximum Gasteiger partial charge on any atom is 0.409 e. The number of likely N-dealkylation sites (tertiary alicyclic amines) is 1. The summed E-state index contributed by atoms with van der Waals surface area (Å²) in [6.45, 7) is 5.89. The smallest absolute Gasteiger partial charge is 0.409 e. The third-order valence-corrected chi connectivity index (χ3v) is 2.02. The van der Waals surface area contributed by atoms with Gasteiger partial charge in [-0.3, -0.25) is 0 Å². The van der Waals surface area contributed by atoms with Gasteiger partial charge in [-0.1, -0.05) is 13.8 Å². The molecular formula is C9H18N2O2. The molecule has 0 aromatic heterocycles. The average molecular weight is 186 g/mol. The summed E-state index contributed by atoms with van der Waals surface area (Å²) >= 11 is 0. The number of rotatable bonds is 2. The summed E-state index contributed by atoms with van der Waals surface area (Å²) in [6.07, 6.45) is 0.665. The first-order valence-corrected chi connectivity index (χ1v) is 4.77. The normalized spacial score (nSPS) is 22.5. The third-order valence-electron chi connectivity index (χ3n) is 2.02. The van der Waals surface area contributed by atoms with Crippen LogP contribution in [-0.4, -0.2) is 36.7 Å². The van der Waals surface area contributed by atoms with Crippen LogP contribution in [0, 0.1) is 5.92 Å². The van der Waals surface area contributed by atoms with E-state index in [2.05, 4.69) is 0 Å². The van der Waals surface area contributed by atoms with Crippen molar-refractivity contribution in [1.29, 1.82) is 0 Å². The SMILES string of the molecule is CC(C)COC(=O)N1CCC(N)C1. The van der Waals surface area contributed by atoms with E-state index in [0.29, 0.717) is 19.1 Å². The Labute approximate surface area is 79.0 Å². The Bertz CT molecular complexity index is 182. The highest BCUT2D eigenvalue weighted by Gasteiger charge is 2.24. The van der Waals surface area contributed by atoms with Crippen LogP contribution in [0.2, 0.25) is 0 Å². The lowest BCUT2D eigenvalue weighted by atomic mass is 10.2. The largest absolute Gasteiger partial charge is 0.449 e. The van der Waals surface area contributed by atoms with Gasteiger partial charge in [-0.2, -0.15) is 0 Å². The summed E-state index contributed by atoms with van der Waals surface area (Å²) in [5.41, 5.74) is 5.67. The lowest BCUT2D eigenvalue weighted by molar-refractivity contribution is 0.0992. The summed E-state index contributed by atoms with van der Waals surface area (Å²) in [6, 6.07) is 0.131. The average Bonchev–Trinajstić information content (AvgIpc) is 2.47. The lowest BCUT2D eigenvalue weighted by Gasteiger charge is -2.16. The van der Waals surface area contributed by atoms with Crippen molar-refractivity contribution in [3.05, 3.63) is 0 Å². The van der Waals surface area contributed by atoms with E-state index in [4.69, 9.17) is 10.5 Å². The van der Waals surface area contributed by atoms with Crippen LogP contribution in [0.25, 0.3) is 0 Å². The molecule has 1 amide bonds. The van der Waals surface area contributed by atoms with Gasteiger partial charge < -0.3 is 15.4 Å². The Kier molecular flexibility index (Phi) is 3.54. The van der Waals surface area contributed by atoms with Crippen LogP contribution in [0.5, 0.6) is 0 Å². The first-order chi connectivity index (χ1) is 6.09. The van der Waals surface area contributed by atoms with E-state index in [1.165, 1.54) is 0 Å². The van der Waals surface area contributed by atoms with Crippen molar-refractivity contribution in [1.82, 2.24) is 4.90 Å². The van der Waals surface area contributed by atoms with Gasteiger partial charge in [0.15, 0.2) is 0 Å². The van der Waals surface area contributed by atoms with E-state index in [-0.39, 0.29) is 12.1 Å². The highest BCUT2D eigenvalue weighted by atomic mass is 16.6. The first kappa shape index (κ1) is 10.3. The Balaban J connectivity index is 2.24. The van der Waals surface area contributed by atoms with Crippen LogP contribution in [0.3, 0.4) is 0 Å². The maximum absolute atomic E-state index is 11.3. The molecule has 1 fully saturated rings. The van der Waals surface area contributed by atoms with Gasteiger partial charge in [0.2, 0.25) is 0 Å². The van der Waals surface area contributed by atoms with E-state index in [1.807, 2.05) is 13.8 Å². The minimum Gasteiger partial charge on any atom is -0.449 e. The Hall–Kier alpha value is -0.770. The standard InChI is InChI=1S/C9H18N2O2/c1-7(2)6-13-9(12)11-4-3-8(10)5-11/h7-8H,3-6,10H2,1-2H3. The monoisotopic (exact) mass is 186 g/mol. The van der Waals surface area contributed by atoms with Gasteiger partial charge in [0.05, 0.1) is 6.61 Å². The molecule has 0 aromatic carbocycles. The number of hydrogen-bond acceptors (Lipinski definition) is 3. The molecule has 4 heteroatoms. The Morgan fingerprint density at radius 2 is 2.38 bits per heavy atom. The van der Waals surface area contributed by atoms with Crippen molar-refractivity contribution >= 4 is 6.09 Å².